The number of nitrogens with zero attached hydrogens (tertiary/aromatic N) is 1. The molecule has 0 aromatic rings. The Balaban J connectivity index is 2.23. The highest BCUT2D eigenvalue weighted by atomic mass is 15.2. The zero-order chi connectivity index (χ0) is 12.0. The normalized spacial score (nSPS) is 19.1. The van der Waals surface area contributed by atoms with Crippen molar-refractivity contribution in [2.45, 2.75) is 72.3 Å². The molecule has 1 atom stereocenters. The summed E-state index contributed by atoms with van der Waals surface area (Å²) in [4.78, 5) is 2.71. The number of rotatable bonds is 8. The second kappa shape index (κ2) is 7.32. The van der Waals surface area contributed by atoms with Gasteiger partial charge >= 0.3 is 0 Å². The van der Waals surface area contributed by atoms with E-state index >= 15 is 0 Å². The third-order valence-electron chi connectivity index (χ3n) is 4.20. The Morgan fingerprint density at radius 1 is 1.19 bits per heavy atom. The van der Waals surface area contributed by atoms with Crippen LogP contribution in [0.4, 0.5) is 0 Å². The van der Waals surface area contributed by atoms with E-state index < -0.39 is 0 Å². The van der Waals surface area contributed by atoms with E-state index in [1.54, 1.807) is 0 Å². The molecule has 96 valence electrons. The molecule has 1 unspecified atom stereocenters. The molecule has 0 saturated heterocycles. The van der Waals surface area contributed by atoms with E-state index in [-0.39, 0.29) is 0 Å². The van der Waals surface area contributed by atoms with Gasteiger partial charge in [0.05, 0.1) is 0 Å². The van der Waals surface area contributed by atoms with E-state index in [1.807, 2.05) is 0 Å². The van der Waals surface area contributed by atoms with Crippen molar-refractivity contribution in [3.63, 3.8) is 0 Å². The first-order chi connectivity index (χ1) is 7.67. The molecule has 16 heavy (non-hydrogen) atoms. The molecule has 0 aromatic carbocycles. The van der Waals surface area contributed by atoms with E-state index in [0.717, 1.165) is 17.9 Å². The monoisotopic (exact) mass is 225 g/mol. The minimum Gasteiger partial charge on any atom is -0.301 e. The predicted octanol–water partition coefficient (Wildman–Crippen LogP) is 4.32. The van der Waals surface area contributed by atoms with Gasteiger partial charge in [0.1, 0.15) is 0 Å². The quantitative estimate of drug-likeness (QED) is 0.594. The largest absolute Gasteiger partial charge is 0.301 e. The Kier molecular flexibility index (Phi) is 6.41. The Hall–Kier alpha value is -0.0400. The van der Waals surface area contributed by atoms with Gasteiger partial charge in [-0.1, -0.05) is 40.5 Å². The third kappa shape index (κ3) is 4.45. The highest BCUT2D eigenvalue weighted by Gasteiger charge is 2.23. The topological polar surface area (TPSA) is 3.24 Å². The summed E-state index contributed by atoms with van der Waals surface area (Å²) in [7, 11) is 0. The molecule has 0 aliphatic heterocycles. The van der Waals surface area contributed by atoms with Crippen LogP contribution >= 0.6 is 0 Å². The molecular weight excluding hydrogens is 194 g/mol. The molecule has 0 N–H and O–H groups in total. The summed E-state index contributed by atoms with van der Waals surface area (Å²) in [6.45, 7) is 12.0. The highest BCUT2D eigenvalue weighted by molar-refractivity contribution is 4.79. The van der Waals surface area contributed by atoms with Gasteiger partial charge in [-0.25, -0.2) is 0 Å². The number of hydrogen-bond donors (Lipinski definition) is 0. The fraction of sp³-hybridized carbons (Fsp3) is 1.00. The van der Waals surface area contributed by atoms with E-state index in [0.29, 0.717) is 0 Å². The van der Waals surface area contributed by atoms with Gasteiger partial charge in [0.25, 0.3) is 0 Å². The molecule has 1 nitrogen and oxygen atoms in total. The van der Waals surface area contributed by atoms with Gasteiger partial charge < -0.3 is 4.90 Å². The van der Waals surface area contributed by atoms with E-state index in [4.69, 9.17) is 0 Å². The molecular formula is C15H31N. The molecule has 0 aromatic heterocycles. The van der Waals surface area contributed by atoms with Crippen LogP contribution in [0.1, 0.15) is 66.2 Å². The Morgan fingerprint density at radius 2 is 1.88 bits per heavy atom. The second-order valence-electron chi connectivity index (χ2n) is 5.91. The summed E-state index contributed by atoms with van der Waals surface area (Å²) >= 11 is 0. The minimum absolute atomic E-state index is 0.865. The van der Waals surface area contributed by atoms with Crippen molar-refractivity contribution >= 4 is 0 Å². The SMILES string of the molecule is CCC(CCN(CC)C1CCC1)CC(C)C. The molecule has 0 spiro atoms. The van der Waals surface area contributed by atoms with Gasteiger partial charge in [-0.3, -0.25) is 0 Å². The van der Waals surface area contributed by atoms with Crippen LogP contribution in [-0.2, 0) is 0 Å². The van der Waals surface area contributed by atoms with Crippen LogP contribution in [0.5, 0.6) is 0 Å². The lowest BCUT2D eigenvalue weighted by Gasteiger charge is -2.37. The molecule has 0 heterocycles. The Labute approximate surface area is 103 Å². The summed E-state index contributed by atoms with van der Waals surface area (Å²) < 4.78 is 0. The molecule has 1 fully saturated rings. The Bertz CT molecular complexity index is 172. The van der Waals surface area contributed by atoms with Crippen LogP contribution in [0, 0.1) is 11.8 Å². The molecule has 1 rings (SSSR count). The van der Waals surface area contributed by atoms with Crippen molar-refractivity contribution in [3.05, 3.63) is 0 Å². The van der Waals surface area contributed by atoms with Crippen molar-refractivity contribution in [1.29, 1.82) is 0 Å². The van der Waals surface area contributed by atoms with Crippen molar-refractivity contribution in [2.24, 2.45) is 11.8 Å². The van der Waals surface area contributed by atoms with Gasteiger partial charge in [0, 0.05) is 6.04 Å². The first kappa shape index (κ1) is 14.0. The van der Waals surface area contributed by atoms with Crippen LogP contribution in [0.15, 0.2) is 0 Å². The maximum Gasteiger partial charge on any atom is 0.00951 e. The van der Waals surface area contributed by atoms with Crippen LogP contribution in [0.3, 0.4) is 0 Å². The van der Waals surface area contributed by atoms with Crippen molar-refractivity contribution < 1.29 is 0 Å². The number of hydrogen-bond acceptors (Lipinski definition) is 1. The lowest BCUT2D eigenvalue weighted by molar-refractivity contribution is 0.123. The maximum atomic E-state index is 2.71. The standard InChI is InChI=1S/C15H31N/c1-5-14(12-13(3)4)10-11-16(6-2)15-8-7-9-15/h13-15H,5-12H2,1-4H3. The smallest absolute Gasteiger partial charge is 0.00951 e. The van der Waals surface area contributed by atoms with Gasteiger partial charge in [-0.05, 0) is 50.6 Å². The van der Waals surface area contributed by atoms with Crippen LogP contribution in [-0.4, -0.2) is 24.0 Å². The fourth-order valence-corrected chi connectivity index (χ4v) is 2.85. The lowest BCUT2D eigenvalue weighted by Crippen LogP contribution is -2.41. The summed E-state index contributed by atoms with van der Waals surface area (Å²) in [5.41, 5.74) is 0. The van der Waals surface area contributed by atoms with Crippen LogP contribution < -0.4 is 0 Å². The Morgan fingerprint density at radius 3 is 2.25 bits per heavy atom. The van der Waals surface area contributed by atoms with Gasteiger partial charge in [0.2, 0.25) is 0 Å². The van der Waals surface area contributed by atoms with Crippen LogP contribution in [0.2, 0.25) is 0 Å². The predicted molar refractivity (Wildman–Crippen MR) is 72.7 cm³/mol. The maximum absolute atomic E-state index is 2.71. The first-order valence-electron chi connectivity index (χ1n) is 7.41. The highest BCUT2D eigenvalue weighted by Crippen LogP contribution is 2.26. The average molecular weight is 225 g/mol. The second-order valence-corrected chi connectivity index (χ2v) is 5.91. The summed E-state index contributed by atoms with van der Waals surface area (Å²) in [5, 5.41) is 0. The molecule has 0 bridgehead atoms. The summed E-state index contributed by atoms with van der Waals surface area (Å²) in [5.74, 6) is 1.82. The van der Waals surface area contributed by atoms with Gasteiger partial charge in [-0.2, -0.15) is 0 Å². The molecule has 1 heteroatoms. The minimum atomic E-state index is 0.865. The van der Waals surface area contributed by atoms with Crippen molar-refractivity contribution in [1.82, 2.24) is 4.90 Å². The van der Waals surface area contributed by atoms with Crippen LogP contribution in [0.25, 0.3) is 0 Å². The molecule has 1 aliphatic carbocycles. The average Bonchev–Trinajstić information content (AvgIpc) is 2.18. The summed E-state index contributed by atoms with van der Waals surface area (Å²) in [6.07, 6.45) is 8.56. The van der Waals surface area contributed by atoms with Crippen molar-refractivity contribution in [2.75, 3.05) is 13.1 Å². The van der Waals surface area contributed by atoms with E-state index in [9.17, 15) is 0 Å². The molecule has 0 amide bonds. The third-order valence-corrected chi connectivity index (χ3v) is 4.20. The molecule has 1 aliphatic rings. The zero-order valence-corrected chi connectivity index (χ0v) is 11.8. The van der Waals surface area contributed by atoms with Gasteiger partial charge in [0.15, 0.2) is 0 Å². The zero-order valence-electron chi connectivity index (χ0n) is 11.8. The molecule has 0 radical (unpaired) electrons. The molecule has 1 saturated carbocycles. The van der Waals surface area contributed by atoms with E-state index in [2.05, 4.69) is 32.6 Å². The fourth-order valence-electron chi connectivity index (χ4n) is 2.85. The van der Waals surface area contributed by atoms with Crippen molar-refractivity contribution in [3.8, 4) is 0 Å². The van der Waals surface area contributed by atoms with E-state index in [1.165, 1.54) is 51.6 Å². The summed E-state index contributed by atoms with van der Waals surface area (Å²) in [6, 6.07) is 0.932. The first-order valence-corrected chi connectivity index (χ1v) is 7.41. The van der Waals surface area contributed by atoms with Gasteiger partial charge in [-0.15, -0.1) is 0 Å². The lowest BCUT2D eigenvalue weighted by atomic mass is 9.89.